The van der Waals surface area contributed by atoms with E-state index in [1.165, 1.54) is 11.8 Å². The van der Waals surface area contributed by atoms with Crippen molar-refractivity contribution in [3.8, 4) is 11.5 Å². The van der Waals surface area contributed by atoms with Crippen molar-refractivity contribution < 1.29 is 19.1 Å². The number of hydrogen-bond donors (Lipinski definition) is 1. The number of nitrogens with one attached hydrogen (secondary N) is 1. The number of nitrogens with zero attached hydrogens (tertiary/aromatic N) is 1. The molecule has 0 saturated carbocycles. The Hall–Kier alpha value is -3.02. The highest BCUT2D eigenvalue weighted by Crippen LogP contribution is 2.19. The standard InChI is InChI=1S/C22H28N2O4/c1-16(2)28-20-11-9-19(10-12-20)23-22(26)15-24(17(3)25)14-13-18-7-5-6-8-21(18)27-4/h5-12,16H,13-15H2,1-4H3,(H,23,26). The number of rotatable bonds is 9. The molecule has 2 amide bonds. The SMILES string of the molecule is COc1ccccc1CCN(CC(=O)Nc1ccc(OC(C)C)cc1)C(C)=O. The van der Waals surface area contributed by atoms with Gasteiger partial charge < -0.3 is 19.7 Å². The first-order chi connectivity index (χ1) is 13.4. The third kappa shape index (κ3) is 6.61. The summed E-state index contributed by atoms with van der Waals surface area (Å²) in [4.78, 5) is 25.8. The highest BCUT2D eigenvalue weighted by molar-refractivity contribution is 5.94. The predicted octanol–water partition coefficient (Wildman–Crippen LogP) is 3.51. The molecule has 0 radical (unpaired) electrons. The van der Waals surface area contributed by atoms with Gasteiger partial charge >= 0.3 is 0 Å². The van der Waals surface area contributed by atoms with E-state index in [-0.39, 0.29) is 24.5 Å². The van der Waals surface area contributed by atoms with Crippen LogP contribution in [0, 0.1) is 0 Å². The van der Waals surface area contributed by atoms with Crippen molar-refractivity contribution in [1.29, 1.82) is 0 Å². The van der Waals surface area contributed by atoms with Crippen LogP contribution in [0.4, 0.5) is 5.69 Å². The number of methoxy groups -OCH3 is 1. The molecule has 2 rings (SSSR count). The fraction of sp³-hybridized carbons (Fsp3) is 0.364. The number of benzene rings is 2. The van der Waals surface area contributed by atoms with Gasteiger partial charge in [-0.05, 0) is 56.2 Å². The predicted molar refractivity (Wildman–Crippen MR) is 110 cm³/mol. The molecule has 6 heteroatoms. The Bertz CT molecular complexity index is 787. The average molecular weight is 384 g/mol. The highest BCUT2D eigenvalue weighted by atomic mass is 16.5. The van der Waals surface area contributed by atoms with Crippen LogP contribution in [0.5, 0.6) is 11.5 Å². The van der Waals surface area contributed by atoms with E-state index in [1.807, 2.05) is 38.1 Å². The number of amides is 2. The van der Waals surface area contributed by atoms with Crippen molar-refractivity contribution in [3.05, 3.63) is 54.1 Å². The van der Waals surface area contributed by atoms with Crippen LogP contribution in [0.3, 0.4) is 0 Å². The average Bonchev–Trinajstić information content (AvgIpc) is 2.66. The summed E-state index contributed by atoms with van der Waals surface area (Å²) in [6.45, 7) is 5.81. The lowest BCUT2D eigenvalue weighted by Crippen LogP contribution is -2.38. The van der Waals surface area contributed by atoms with Crippen LogP contribution in [0.15, 0.2) is 48.5 Å². The molecule has 0 aromatic heterocycles. The summed E-state index contributed by atoms with van der Waals surface area (Å²) >= 11 is 0. The molecule has 150 valence electrons. The number of para-hydroxylation sites is 1. The maximum absolute atomic E-state index is 12.4. The van der Waals surface area contributed by atoms with E-state index in [0.717, 1.165) is 17.1 Å². The second kappa shape index (κ2) is 10.3. The number of carbonyl (C=O) groups is 2. The summed E-state index contributed by atoms with van der Waals surface area (Å²) in [5.74, 6) is 1.13. The zero-order chi connectivity index (χ0) is 20.5. The molecule has 0 atom stereocenters. The summed E-state index contributed by atoms with van der Waals surface area (Å²) in [6, 6.07) is 14.8. The lowest BCUT2D eigenvalue weighted by molar-refractivity contribution is -0.132. The molecule has 1 N–H and O–H groups in total. The van der Waals surface area contributed by atoms with E-state index in [4.69, 9.17) is 9.47 Å². The minimum Gasteiger partial charge on any atom is -0.496 e. The van der Waals surface area contributed by atoms with Crippen LogP contribution < -0.4 is 14.8 Å². The van der Waals surface area contributed by atoms with Crippen molar-refractivity contribution in [2.24, 2.45) is 0 Å². The summed E-state index contributed by atoms with van der Waals surface area (Å²) < 4.78 is 10.9. The van der Waals surface area contributed by atoms with E-state index in [1.54, 1.807) is 31.4 Å². The minimum atomic E-state index is -0.243. The second-order valence-corrected chi connectivity index (χ2v) is 6.74. The molecule has 6 nitrogen and oxygen atoms in total. The van der Waals surface area contributed by atoms with Crippen molar-refractivity contribution in [2.45, 2.75) is 33.3 Å². The van der Waals surface area contributed by atoms with Gasteiger partial charge in [-0.25, -0.2) is 0 Å². The van der Waals surface area contributed by atoms with Gasteiger partial charge in [-0.15, -0.1) is 0 Å². The summed E-state index contributed by atoms with van der Waals surface area (Å²) in [7, 11) is 1.62. The van der Waals surface area contributed by atoms with E-state index in [0.29, 0.717) is 18.7 Å². The first kappa shape index (κ1) is 21.3. The topological polar surface area (TPSA) is 67.9 Å². The maximum Gasteiger partial charge on any atom is 0.243 e. The second-order valence-electron chi connectivity index (χ2n) is 6.74. The van der Waals surface area contributed by atoms with Gasteiger partial charge in [0.25, 0.3) is 0 Å². The van der Waals surface area contributed by atoms with Gasteiger partial charge in [-0.3, -0.25) is 9.59 Å². The van der Waals surface area contributed by atoms with E-state index >= 15 is 0 Å². The summed E-state index contributed by atoms with van der Waals surface area (Å²) in [5.41, 5.74) is 1.66. The fourth-order valence-electron chi connectivity index (χ4n) is 2.78. The van der Waals surface area contributed by atoms with Gasteiger partial charge in [0.2, 0.25) is 11.8 Å². The molecule has 0 fully saturated rings. The van der Waals surface area contributed by atoms with Crippen molar-refractivity contribution >= 4 is 17.5 Å². The Kier molecular flexibility index (Phi) is 7.87. The van der Waals surface area contributed by atoms with E-state index in [9.17, 15) is 9.59 Å². The van der Waals surface area contributed by atoms with Crippen LogP contribution in [-0.4, -0.2) is 43.0 Å². The summed E-state index contributed by atoms with van der Waals surface area (Å²) in [5, 5.41) is 2.82. The van der Waals surface area contributed by atoms with E-state index < -0.39 is 0 Å². The van der Waals surface area contributed by atoms with Gasteiger partial charge in [0.15, 0.2) is 0 Å². The van der Waals surface area contributed by atoms with E-state index in [2.05, 4.69) is 5.32 Å². The van der Waals surface area contributed by atoms with Gasteiger partial charge in [-0.1, -0.05) is 18.2 Å². The molecular formula is C22H28N2O4. The number of ether oxygens (including phenoxy) is 2. The van der Waals surface area contributed by atoms with Crippen molar-refractivity contribution in [2.75, 3.05) is 25.5 Å². The number of carbonyl (C=O) groups excluding carboxylic acids is 2. The highest BCUT2D eigenvalue weighted by Gasteiger charge is 2.15. The molecule has 2 aromatic rings. The monoisotopic (exact) mass is 384 g/mol. The third-order valence-corrected chi connectivity index (χ3v) is 4.13. The normalized spacial score (nSPS) is 10.5. The van der Waals surface area contributed by atoms with Crippen LogP contribution in [0.2, 0.25) is 0 Å². The molecule has 0 spiro atoms. The lowest BCUT2D eigenvalue weighted by atomic mass is 10.1. The smallest absolute Gasteiger partial charge is 0.243 e. The van der Waals surface area contributed by atoms with Gasteiger partial charge in [0, 0.05) is 19.2 Å². The molecule has 0 unspecified atom stereocenters. The lowest BCUT2D eigenvalue weighted by Gasteiger charge is -2.21. The molecule has 0 aliphatic heterocycles. The Balaban J connectivity index is 1.92. The van der Waals surface area contributed by atoms with Crippen molar-refractivity contribution in [3.63, 3.8) is 0 Å². The molecule has 0 bridgehead atoms. The zero-order valence-corrected chi connectivity index (χ0v) is 16.9. The Labute approximate surface area is 166 Å². The molecule has 0 aliphatic carbocycles. The van der Waals surface area contributed by atoms with Gasteiger partial charge in [0.05, 0.1) is 19.8 Å². The van der Waals surface area contributed by atoms with Crippen molar-refractivity contribution in [1.82, 2.24) is 4.90 Å². The zero-order valence-electron chi connectivity index (χ0n) is 16.9. The third-order valence-electron chi connectivity index (χ3n) is 4.13. The van der Waals surface area contributed by atoms with Gasteiger partial charge in [-0.2, -0.15) is 0 Å². The molecule has 2 aromatic carbocycles. The first-order valence-electron chi connectivity index (χ1n) is 9.33. The van der Waals surface area contributed by atoms with Crippen LogP contribution >= 0.6 is 0 Å². The molecule has 0 saturated heterocycles. The Morgan fingerprint density at radius 2 is 1.75 bits per heavy atom. The maximum atomic E-state index is 12.4. The Morgan fingerprint density at radius 3 is 2.36 bits per heavy atom. The first-order valence-corrected chi connectivity index (χ1v) is 9.33. The van der Waals surface area contributed by atoms with Crippen LogP contribution in [-0.2, 0) is 16.0 Å². The molecule has 0 aliphatic rings. The summed E-state index contributed by atoms with van der Waals surface area (Å²) in [6.07, 6.45) is 0.700. The Morgan fingerprint density at radius 1 is 1.07 bits per heavy atom. The van der Waals surface area contributed by atoms with Crippen LogP contribution in [0.1, 0.15) is 26.3 Å². The molecule has 0 heterocycles. The minimum absolute atomic E-state index is 0.00523. The quantitative estimate of drug-likeness (QED) is 0.718. The van der Waals surface area contributed by atoms with Crippen LogP contribution in [0.25, 0.3) is 0 Å². The largest absolute Gasteiger partial charge is 0.496 e. The van der Waals surface area contributed by atoms with Gasteiger partial charge in [0.1, 0.15) is 11.5 Å². The number of hydrogen-bond acceptors (Lipinski definition) is 4. The fourth-order valence-corrected chi connectivity index (χ4v) is 2.78. The molecule has 28 heavy (non-hydrogen) atoms. The molecular weight excluding hydrogens is 356 g/mol. The number of anilines is 1.